The molecule has 0 bridgehead atoms. The van der Waals surface area contributed by atoms with Crippen molar-refractivity contribution >= 4 is 23.4 Å². The fraction of sp³-hybridized carbons (Fsp3) is 0.267. The first-order valence-electron chi connectivity index (χ1n) is 6.76. The number of hydrogen-bond donors (Lipinski definition) is 1. The van der Waals surface area contributed by atoms with Crippen LogP contribution in [0.3, 0.4) is 0 Å². The summed E-state index contributed by atoms with van der Waals surface area (Å²) in [6, 6.07) is 8.56. The lowest BCUT2D eigenvalue weighted by Gasteiger charge is -2.04. The van der Waals surface area contributed by atoms with E-state index in [0.717, 1.165) is 11.4 Å². The van der Waals surface area contributed by atoms with E-state index >= 15 is 0 Å². The van der Waals surface area contributed by atoms with E-state index in [1.165, 1.54) is 0 Å². The van der Waals surface area contributed by atoms with E-state index in [2.05, 4.69) is 10.3 Å². The first-order chi connectivity index (χ1) is 10.5. The summed E-state index contributed by atoms with van der Waals surface area (Å²) in [7, 11) is 0. The predicted octanol–water partition coefficient (Wildman–Crippen LogP) is 1.85. The van der Waals surface area contributed by atoms with Crippen molar-refractivity contribution in [2.45, 2.75) is 26.8 Å². The molecular weight excluding hydrogens is 320 g/mol. The summed E-state index contributed by atoms with van der Waals surface area (Å²) in [4.78, 5) is 16.6. The monoisotopic (exact) mass is 338 g/mol. The number of benzene rings is 1. The van der Waals surface area contributed by atoms with Crippen LogP contribution in [-0.2, 0) is 11.4 Å². The highest BCUT2D eigenvalue weighted by Gasteiger charge is 2.11. The first kappa shape index (κ1) is 18.7. The number of nitrogens with two attached hydrogens (primary N) is 1. The van der Waals surface area contributed by atoms with Crippen LogP contribution >= 0.6 is 11.6 Å². The van der Waals surface area contributed by atoms with E-state index in [4.69, 9.17) is 22.2 Å². The van der Waals surface area contributed by atoms with Crippen LogP contribution in [-0.4, -0.2) is 27.1 Å². The summed E-state index contributed by atoms with van der Waals surface area (Å²) in [6.07, 6.45) is 0.428. The number of carbonyl (C=O) groups is 1. The summed E-state index contributed by atoms with van der Waals surface area (Å²) in [5.74, 6) is -0.423. The smallest absolute Gasteiger partial charge is 0.367 e. The lowest BCUT2D eigenvalue weighted by Crippen LogP contribution is -2.17. The molecule has 8 heteroatoms. The molecule has 0 aliphatic rings. The highest BCUT2D eigenvalue weighted by Crippen LogP contribution is 2.15. The number of amidine groups is 1. The molecule has 0 radical (unpaired) electrons. The minimum Gasteiger partial charge on any atom is -0.412 e. The first-order valence-corrected chi connectivity index (χ1v) is 7.14. The molecule has 0 atom stereocenters. The molecule has 1 aromatic carbocycles. The quantitative estimate of drug-likeness (QED) is 0.387. The molecule has 23 heavy (non-hydrogen) atoms. The molecule has 0 aliphatic heterocycles. The van der Waals surface area contributed by atoms with Crippen molar-refractivity contribution in [3.05, 3.63) is 52.3 Å². The molecule has 0 fully saturated rings. The minimum absolute atomic E-state index is 0. The Hall–Kier alpha value is -2.38. The molecule has 1 heterocycles. The van der Waals surface area contributed by atoms with Crippen molar-refractivity contribution in [1.29, 1.82) is 0 Å². The van der Waals surface area contributed by atoms with Gasteiger partial charge in [-0.2, -0.15) is 5.10 Å². The summed E-state index contributed by atoms with van der Waals surface area (Å²) >= 11 is 5.90. The van der Waals surface area contributed by atoms with Gasteiger partial charge in [-0.1, -0.05) is 28.9 Å². The number of rotatable bonds is 5. The van der Waals surface area contributed by atoms with E-state index in [9.17, 15) is 4.79 Å². The summed E-state index contributed by atoms with van der Waals surface area (Å²) in [5.41, 5.74) is 7.97. The second-order valence-corrected chi connectivity index (χ2v) is 5.25. The number of aromatic nitrogens is 2. The highest BCUT2D eigenvalue weighted by atomic mass is 35.5. The zero-order valence-corrected chi connectivity index (χ0v) is 13.7. The number of hydrogen-bond acceptors (Lipinski definition) is 4. The zero-order valence-electron chi connectivity index (χ0n) is 12.9. The van der Waals surface area contributed by atoms with Crippen molar-refractivity contribution in [3.63, 3.8) is 0 Å². The van der Waals surface area contributed by atoms with Gasteiger partial charge in [0.15, 0.2) is 0 Å². The van der Waals surface area contributed by atoms with Crippen LogP contribution in [0, 0.1) is 13.8 Å². The average molecular weight is 339 g/mol. The van der Waals surface area contributed by atoms with Crippen LogP contribution in [0.1, 0.15) is 28.2 Å². The molecular formula is C15H19ClN4O3. The van der Waals surface area contributed by atoms with E-state index in [0.29, 0.717) is 18.0 Å². The second kappa shape index (κ2) is 8.30. The average Bonchev–Trinajstić information content (AvgIpc) is 2.81. The molecule has 7 nitrogen and oxygen atoms in total. The van der Waals surface area contributed by atoms with Gasteiger partial charge in [0, 0.05) is 18.7 Å². The number of aryl methyl sites for hydroxylation is 3. The maximum Gasteiger partial charge on any atom is 0.367 e. The molecule has 4 N–H and O–H groups in total. The second-order valence-electron chi connectivity index (χ2n) is 4.84. The van der Waals surface area contributed by atoms with E-state index in [-0.39, 0.29) is 16.9 Å². The van der Waals surface area contributed by atoms with Gasteiger partial charge in [-0.3, -0.25) is 4.68 Å². The maximum atomic E-state index is 11.8. The Morgan fingerprint density at radius 3 is 2.70 bits per heavy atom. The van der Waals surface area contributed by atoms with Gasteiger partial charge >= 0.3 is 5.97 Å². The lowest BCUT2D eigenvalue weighted by molar-refractivity contribution is 0.0514. The normalized spacial score (nSPS) is 11.0. The van der Waals surface area contributed by atoms with E-state index in [1.807, 2.05) is 24.6 Å². The molecule has 124 valence electrons. The topological polar surface area (TPSA) is 114 Å². The Bertz CT molecular complexity index is 712. The Balaban J connectivity index is 0.00000264. The van der Waals surface area contributed by atoms with Crippen LogP contribution in [0.5, 0.6) is 0 Å². The van der Waals surface area contributed by atoms with Gasteiger partial charge in [-0.05, 0) is 32.0 Å². The van der Waals surface area contributed by atoms with Crippen molar-refractivity contribution in [2.75, 3.05) is 0 Å². The number of oxime groups is 1. The van der Waals surface area contributed by atoms with Gasteiger partial charge in [-0.15, -0.1) is 0 Å². The van der Waals surface area contributed by atoms with Crippen LogP contribution < -0.4 is 5.73 Å². The van der Waals surface area contributed by atoms with Crippen molar-refractivity contribution in [2.24, 2.45) is 10.9 Å². The van der Waals surface area contributed by atoms with Crippen molar-refractivity contribution in [1.82, 2.24) is 9.78 Å². The molecule has 0 spiro atoms. The number of carbonyl (C=O) groups excluding carboxylic acids is 1. The third kappa shape index (κ3) is 5.08. The Kier molecular flexibility index (Phi) is 6.74. The minimum atomic E-state index is -0.639. The predicted molar refractivity (Wildman–Crippen MR) is 88.4 cm³/mol. The summed E-state index contributed by atoms with van der Waals surface area (Å²) in [5, 5.41) is 8.26. The molecule has 0 saturated heterocycles. The fourth-order valence-corrected chi connectivity index (χ4v) is 2.16. The standard InChI is InChI=1S/C15H17ClN4O2.H2O/c1-10-9-11(2)20(18-10)8-7-14(17)19-22-15(21)12-5-3-4-6-13(12)16;/h3-6,9H,7-8H2,1-2H3,(H2,17,19);1H2. The molecule has 2 aromatic rings. The van der Waals surface area contributed by atoms with Crippen LogP contribution in [0.2, 0.25) is 5.02 Å². The fourth-order valence-electron chi connectivity index (χ4n) is 1.94. The third-order valence-electron chi connectivity index (χ3n) is 3.02. The largest absolute Gasteiger partial charge is 0.412 e. The van der Waals surface area contributed by atoms with Gasteiger partial charge in [0.1, 0.15) is 5.84 Å². The summed E-state index contributed by atoms with van der Waals surface area (Å²) in [6.45, 7) is 4.45. The van der Waals surface area contributed by atoms with Crippen LogP contribution in [0.4, 0.5) is 0 Å². The maximum absolute atomic E-state index is 11.8. The van der Waals surface area contributed by atoms with E-state index < -0.39 is 5.97 Å². The zero-order chi connectivity index (χ0) is 16.1. The third-order valence-corrected chi connectivity index (χ3v) is 3.35. The number of nitrogens with zero attached hydrogens (tertiary/aromatic N) is 3. The number of halogens is 1. The molecule has 1 aromatic heterocycles. The van der Waals surface area contributed by atoms with Crippen LogP contribution in [0.25, 0.3) is 0 Å². The molecule has 2 rings (SSSR count). The Morgan fingerprint density at radius 2 is 2.09 bits per heavy atom. The van der Waals surface area contributed by atoms with Crippen LogP contribution in [0.15, 0.2) is 35.5 Å². The van der Waals surface area contributed by atoms with Crippen molar-refractivity contribution < 1.29 is 15.1 Å². The molecule has 0 amide bonds. The van der Waals surface area contributed by atoms with Gasteiger partial charge in [0.2, 0.25) is 0 Å². The Labute approximate surface area is 139 Å². The van der Waals surface area contributed by atoms with E-state index in [1.54, 1.807) is 24.3 Å². The van der Waals surface area contributed by atoms with Crippen molar-refractivity contribution in [3.8, 4) is 0 Å². The highest BCUT2D eigenvalue weighted by molar-refractivity contribution is 6.33. The lowest BCUT2D eigenvalue weighted by atomic mass is 10.2. The van der Waals surface area contributed by atoms with Gasteiger partial charge in [0.25, 0.3) is 0 Å². The summed E-state index contributed by atoms with van der Waals surface area (Å²) < 4.78 is 1.83. The molecule has 0 unspecified atom stereocenters. The van der Waals surface area contributed by atoms with Gasteiger partial charge in [0.05, 0.1) is 16.3 Å². The Morgan fingerprint density at radius 1 is 1.39 bits per heavy atom. The molecule has 0 aliphatic carbocycles. The molecule has 0 saturated carbocycles. The SMILES string of the molecule is Cc1cc(C)n(CC/C(N)=N/OC(=O)c2ccccc2Cl)n1.O. The van der Waals surface area contributed by atoms with Gasteiger partial charge < -0.3 is 16.0 Å². The van der Waals surface area contributed by atoms with Gasteiger partial charge in [-0.25, -0.2) is 4.79 Å².